The first-order valence-electron chi connectivity index (χ1n) is 6.18. The number of rotatable bonds is 6. The molecule has 0 saturated heterocycles. The summed E-state index contributed by atoms with van der Waals surface area (Å²) in [5.74, 6) is -0.0200. The van der Waals surface area contributed by atoms with E-state index in [2.05, 4.69) is 26.2 Å². The average molecular weight is 322 g/mol. The molecule has 4 nitrogen and oxygen atoms in total. The fourth-order valence-corrected chi connectivity index (χ4v) is 2.13. The van der Waals surface area contributed by atoms with E-state index < -0.39 is 0 Å². The number of carbonyl (C=O) groups excluding carboxylic acids is 1. The van der Waals surface area contributed by atoms with Crippen molar-refractivity contribution in [3.05, 3.63) is 54.1 Å². The first-order chi connectivity index (χ1) is 9.29. The second kappa shape index (κ2) is 7.09. The molecule has 0 atom stereocenters. The van der Waals surface area contributed by atoms with Crippen LogP contribution >= 0.6 is 15.9 Å². The highest BCUT2D eigenvalue weighted by Crippen LogP contribution is 2.08. The Morgan fingerprint density at radius 1 is 1.42 bits per heavy atom. The lowest BCUT2D eigenvalue weighted by Crippen LogP contribution is -2.25. The van der Waals surface area contributed by atoms with Crippen LogP contribution in [0, 0.1) is 0 Å². The van der Waals surface area contributed by atoms with Crippen LogP contribution in [0.5, 0.6) is 0 Å². The molecule has 0 aliphatic heterocycles. The third kappa shape index (κ3) is 4.21. The monoisotopic (exact) mass is 321 g/mol. The van der Waals surface area contributed by atoms with Gasteiger partial charge in [-0.25, -0.2) is 4.98 Å². The zero-order valence-electron chi connectivity index (χ0n) is 10.6. The number of aryl methyl sites for hydroxylation is 1. The van der Waals surface area contributed by atoms with Gasteiger partial charge in [-0.15, -0.1) is 0 Å². The molecule has 0 spiro atoms. The lowest BCUT2D eigenvalue weighted by atomic mass is 10.1. The number of imidazole rings is 1. The SMILES string of the molecule is O=C(NCCCn1ccnc1)c1cccc(CBr)c1. The van der Waals surface area contributed by atoms with Gasteiger partial charge in [0.2, 0.25) is 0 Å². The van der Waals surface area contributed by atoms with Crippen LogP contribution in [0.25, 0.3) is 0 Å². The molecule has 0 aliphatic rings. The van der Waals surface area contributed by atoms with Gasteiger partial charge in [-0.05, 0) is 24.1 Å². The molecule has 0 saturated carbocycles. The predicted octanol–water partition coefficient (Wildman–Crippen LogP) is 2.60. The summed E-state index contributed by atoms with van der Waals surface area (Å²) in [7, 11) is 0. The summed E-state index contributed by atoms with van der Waals surface area (Å²) >= 11 is 3.39. The minimum Gasteiger partial charge on any atom is -0.352 e. The number of hydrogen-bond donors (Lipinski definition) is 1. The third-order valence-corrected chi connectivity index (χ3v) is 3.43. The van der Waals surface area contributed by atoms with Crippen molar-refractivity contribution in [3.8, 4) is 0 Å². The lowest BCUT2D eigenvalue weighted by Gasteiger charge is -2.06. The summed E-state index contributed by atoms with van der Waals surface area (Å²) in [6.45, 7) is 1.53. The number of benzene rings is 1. The zero-order chi connectivity index (χ0) is 13.5. The Balaban J connectivity index is 1.77. The molecule has 0 aliphatic carbocycles. The number of amides is 1. The van der Waals surface area contributed by atoms with Crippen LogP contribution < -0.4 is 5.32 Å². The second-order valence-corrected chi connectivity index (χ2v) is 4.80. The van der Waals surface area contributed by atoms with Crippen molar-refractivity contribution in [2.75, 3.05) is 6.54 Å². The van der Waals surface area contributed by atoms with Crippen LogP contribution in [0.15, 0.2) is 43.0 Å². The van der Waals surface area contributed by atoms with Crippen LogP contribution in [-0.2, 0) is 11.9 Å². The first kappa shape index (κ1) is 13.8. The van der Waals surface area contributed by atoms with Gasteiger partial charge in [0.1, 0.15) is 0 Å². The summed E-state index contributed by atoms with van der Waals surface area (Å²) in [6.07, 6.45) is 6.34. The zero-order valence-corrected chi connectivity index (χ0v) is 12.1. The third-order valence-electron chi connectivity index (χ3n) is 2.78. The van der Waals surface area contributed by atoms with Crippen LogP contribution in [0.2, 0.25) is 0 Å². The van der Waals surface area contributed by atoms with Crippen LogP contribution in [0.4, 0.5) is 0 Å². The van der Waals surface area contributed by atoms with Crippen molar-refractivity contribution >= 4 is 21.8 Å². The summed E-state index contributed by atoms with van der Waals surface area (Å²) < 4.78 is 2.00. The maximum absolute atomic E-state index is 11.9. The predicted molar refractivity (Wildman–Crippen MR) is 78.3 cm³/mol. The molecular formula is C14H16BrN3O. The van der Waals surface area contributed by atoms with Crippen molar-refractivity contribution in [1.82, 2.24) is 14.9 Å². The molecule has 1 amide bonds. The van der Waals surface area contributed by atoms with Gasteiger partial charge in [-0.1, -0.05) is 28.1 Å². The molecule has 0 radical (unpaired) electrons. The first-order valence-corrected chi connectivity index (χ1v) is 7.30. The molecule has 5 heteroatoms. The fraction of sp³-hybridized carbons (Fsp3) is 0.286. The Bertz CT molecular complexity index is 525. The molecule has 100 valence electrons. The van der Waals surface area contributed by atoms with Gasteiger partial charge in [-0.2, -0.15) is 0 Å². The number of nitrogens with zero attached hydrogens (tertiary/aromatic N) is 2. The number of nitrogens with one attached hydrogen (secondary N) is 1. The maximum atomic E-state index is 11.9. The van der Waals surface area contributed by atoms with E-state index >= 15 is 0 Å². The van der Waals surface area contributed by atoms with Crippen LogP contribution in [-0.4, -0.2) is 22.0 Å². The highest BCUT2D eigenvalue weighted by Gasteiger charge is 2.04. The molecule has 19 heavy (non-hydrogen) atoms. The molecule has 1 N–H and O–H groups in total. The van der Waals surface area contributed by atoms with Gasteiger partial charge in [0, 0.05) is 36.4 Å². The minimum absolute atomic E-state index is 0.0200. The van der Waals surface area contributed by atoms with Gasteiger partial charge in [0.05, 0.1) is 6.33 Å². The van der Waals surface area contributed by atoms with E-state index in [1.165, 1.54) is 0 Å². The highest BCUT2D eigenvalue weighted by atomic mass is 79.9. The molecule has 1 aromatic heterocycles. The minimum atomic E-state index is -0.0200. The molecule has 0 fully saturated rings. The summed E-state index contributed by atoms with van der Waals surface area (Å²) in [5.41, 5.74) is 1.81. The van der Waals surface area contributed by atoms with Gasteiger partial charge in [-0.3, -0.25) is 4.79 Å². The summed E-state index contributed by atoms with van der Waals surface area (Å²) in [4.78, 5) is 15.9. The van der Waals surface area contributed by atoms with Crippen molar-refractivity contribution in [3.63, 3.8) is 0 Å². The summed E-state index contributed by atoms with van der Waals surface area (Å²) in [6, 6.07) is 7.62. The highest BCUT2D eigenvalue weighted by molar-refractivity contribution is 9.08. The molecule has 1 aromatic carbocycles. The Morgan fingerprint density at radius 3 is 3.05 bits per heavy atom. The van der Waals surface area contributed by atoms with E-state index in [9.17, 15) is 4.79 Å². The standard InChI is InChI=1S/C14H16BrN3O/c15-10-12-3-1-4-13(9-12)14(19)17-5-2-7-18-8-6-16-11-18/h1,3-4,6,8-9,11H,2,5,7,10H2,(H,17,19). The Hall–Kier alpha value is -1.62. The molecule has 2 rings (SSSR count). The van der Waals surface area contributed by atoms with Crippen molar-refractivity contribution < 1.29 is 4.79 Å². The van der Waals surface area contributed by atoms with E-state index in [-0.39, 0.29) is 5.91 Å². The number of halogens is 1. The maximum Gasteiger partial charge on any atom is 0.251 e. The normalized spacial score (nSPS) is 10.4. The Morgan fingerprint density at radius 2 is 2.32 bits per heavy atom. The van der Waals surface area contributed by atoms with E-state index in [1.807, 2.05) is 35.0 Å². The Kier molecular flexibility index (Phi) is 5.15. The van der Waals surface area contributed by atoms with Crippen molar-refractivity contribution in [2.24, 2.45) is 0 Å². The largest absolute Gasteiger partial charge is 0.352 e. The van der Waals surface area contributed by atoms with Crippen molar-refractivity contribution in [1.29, 1.82) is 0 Å². The van der Waals surface area contributed by atoms with Crippen LogP contribution in [0.3, 0.4) is 0 Å². The quantitative estimate of drug-likeness (QED) is 0.656. The topological polar surface area (TPSA) is 46.9 Å². The van der Waals surface area contributed by atoms with Crippen LogP contribution in [0.1, 0.15) is 22.3 Å². The average Bonchev–Trinajstić information content (AvgIpc) is 2.96. The molecule has 0 unspecified atom stereocenters. The van der Waals surface area contributed by atoms with Gasteiger partial charge >= 0.3 is 0 Å². The molecule has 2 aromatic rings. The number of carbonyl (C=O) groups is 1. The van der Waals surface area contributed by atoms with Gasteiger partial charge in [0.25, 0.3) is 5.91 Å². The number of alkyl halides is 1. The second-order valence-electron chi connectivity index (χ2n) is 4.24. The fourth-order valence-electron chi connectivity index (χ4n) is 1.78. The smallest absolute Gasteiger partial charge is 0.251 e. The Labute approximate surface area is 121 Å². The number of aromatic nitrogens is 2. The molecule has 0 bridgehead atoms. The van der Waals surface area contributed by atoms with Gasteiger partial charge in [0.15, 0.2) is 0 Å². The lowest BCUT2D eigenvalue weighted by molar-refractivity contribution is 0.0952. The number of hydrogen-bond acceptors (Lipinski definition) is 2. The van der Waals surface area contributed by atoms with E-state index in [4.69, 9.17) is 0 Å². The summed E-state index contributed by atoms with van der Waals surface area (Å²) in [5, 5.41) is 3.68. The van der Waals surface area contributed by atoms with Gasteiger partial charge < -0.3 is 9.88 Å². The van der Waals surface area contributed by atoms with Crippen molar-refractivity contribution in [2.45, 2.75) is 18.3 Å². The molecular weight excluding hydrogens is 306 g/mol. The van der Waals surface area contributed by atoms with E-state index in [0.717, 1.165) is 23.9 Å². The molecule has 1 heterocycles. The van der Waals surface area contributed by atoms with E-state index in [0.29, 0.717) is 12.1 Å². The van der Waals surface area contributed by atoms with E-state index in [1.54, 1.807) is 12.5 Å².